The Balaban J connectivity index is 1.80. The van der Waals surface area contributed by atoms with E-state index in [4.69, 9.17) is 11.6 Å². The molecule has 1 N–H and O–H groups in total. The molecule has 1 fully saturated rings. The lowest BCUT2D eigenvalue weighted by atomic mass is 9.87. The van der Waals surface area contributed by atoms with Crippen molar-refractivity contribution in [1.29, 1.82) is 0 Å². The Hall–Kier alpha value is -1.20. The molecule has 6 heteroatoms. The maximum absolute atomic E-state index is 9.50. The van der Waals surface area contributed by atoms with Gasteiger partial charge in [0.05, 0.1) is 17.7 Å². The predicted molar refractivity (Wildman–Crippen MR) is 68.3 cm³/mol. The lowest BCUT2D eigenvalue weighted by Gasteiger charge is -2.25. The molecule has 2 aromatic heterocycles. The van der Waals surface area contributed by atoms with Crippen molar-refractivity contribution >= 4 is 22.6 Å². The summed E-state index contributed by atoms with van der Waals surface area (Å²) in [6.45, 7) is 0.837. The van der Waals surface area contributed by atoms with Crippen molar-refractivity contribution in [1.82, 2.24) is 19.7 Å². The van der Waals surface area contributed by atoms with Gasteiger partial charge in [-0.1, -0.05) is 0 Å². The Morgan fingerprint density at radius 2 is 2.06 bits per heavy atom. The largest absolute Gasteiger partial charge is 0.393 e. The molecule has 0 bridgehead atoms. The van der Waals surface area contributed by atoms with Crippen LogP contribution in [0.1, 0.15) is 25.7 Å². The van der Waals surface area contributed by atoms with Crippen molar-refractivity contribution in [3.8, 4) is 0 Å². The zero-order valence-corrected chi connectivity index (χ0v) is 10.7. The fourth-order valence-electron chi connectivity index (χ4n) is 2.55. The van der Waals surface area contributed by atoms with Crippen LogP contribution in [0.3, 0.4) is 0 Å². The van der Waals surface area contributed by atoms with E-state index >= 15 is 0 Å². The highest BCUT2D eigenvalue weighted by Crippen LogP contribution is 2.26. The summed E-state index contributed by atoms with van der Waals surface area (Å²) in [5.74, 6) is 0.560. The number of aliphatic hydroxyl groups excluding tert-OH is 1. The highest BCUT2D eigenvalue weighted by molar-refractivity contribution is 6.28. The number of fused-ring (bicyclic) bond motifs is 1. The fourth-order valence-corrected chi connectivity index (χ4v) is 2.68. The number of rotatable bonds is 2. The van der Waals surface area contributed by atoms with Gasteiger partial charge in [0, 0.05) is 12.7 Å². The molecule has 0 aliphatic heterocycles. The average molecular weight is 267 g/mol. The van der Waals surface area contributed by atoms with Crippen LogP contribution in [0.25, 0.3) is 11.0 Å². The summed E-state index contributed by atoms with van der Waals surface area (Å²) in [5.41, 5.74) is 0.793. The number of aromatic nitrogens is 4. The maximum Gasteiger partial charge on any atom is 0.224 e. The molecule has 2 heterocycles. The summed E-state index contributed by atoms with van der Waals surface area (Å²) in [4.78, 5) is 8.17. The molecule has 0 spiro atoms. The topological polar surface area (TPSA) is 63.8 Å². The van der Waals surface area contributed by atoms with Crippen LogP contribution in [-0.2, 0) is 6.54 Å². The molecular weight excluding hydrogens is 252 g/mol. The lowest BCUT2D eigenvalue weighted by molar-refractivity contribution is 0.103. The van der Waals surface area contributed by atoms with Crippen LogP contribution in [0.5, 0.6) is 0 Å². The number of hydrogen-bond donors (Lipinski definition) is 1. The van der Waals surface area contributed by atoms with E-state index < -0.39 is 0 Å². The highest BCUT2D eigenvalue weighted by atomic mass is 35.5. The van der Waals surface area contributed by atoms with Crippen LogP contribution in [0, 0.1) is 5.92 Å². The van der Waals surface area contributed by atoms with Gasteiger partial charge in [-0.05, 0) is 43.2 Å². The van der Waals surface area contributed by atoms with Crippen LogP contribution in [-0.4, -0.2) is 31.0 Å². The van der Waals surface area contributed by atoms with Gasteiger partial charge in [0.15, 0.2) is 5.65 Å². The van der Waals surface area contributed by atoms with Gasteiger partial charge < -0.3 is 5.11 Å². The molecule has 5 nitrogen and oxygen atoms in total. The monoisotopic (exact) mass is 266 g/mol. The fraction of sp³-hybridized carbons (Fsp3) is 0.583. The first-order chi connectivity index (χ1) is 8.72. The van der Waals surface area contributed by atoms with Gasteiger partial charge in [0.2, 0.25) is 5.28 Å². The molecule has 0 amide bonds. The van der Waals surface area contributed by atoms with Crippen molar-refractivity contribution in [3.63, 3.8) is 0 Å². The summed E-state index contributed by atoms with van der Waals surface area (Å²) in [6, 6.07) is 0. The van der Waals surface area contributed by atoms with Gasteiger partial charge in [-0.25, -0.2) is 9.67 Å². The third kappa shape index (κ3) is 2.33. The molecular formula is C12H15ClN4O. The van der Waals surface area contributed by atoms with E-state index in [1.165, 1.54) is 0 Å². The van der Waals surface area contributed by atoms with Crippen LogP contribution in [0.4, 0.5) is 0 Å². The molecule has 0 saturated heterocycles. The third-order valence-electron chi connectivity index (χ3n) is 3.59. The Bertz CT molecular complexity index is 548. The molecule has 96 valence electrons. The van der Waals surface area contributed by atoms with Gasteiger partial charge in [-0.15, -0.1) is 0 Å². The lowest BCUT2D eigenvalue weighted by Crippen LogP contribution is -2.22. The Morgan fingerprint density at radius 1 is 1.28 bits per heavy atom. The van der Waals surface area contributed by atoms with Gasteiger partial charge >= 0.3 is 0 Å². The second-order valence-corrected chi connectivity index (χ2v) is 5.26. The second kappa shape index (κ2) is 4.82. The minimum atomic E-state index is -0.118. The zero-order valence-electron chi connectivity index (χ0n) is 9.96. The normalized spacial score (nSPS) is 24.6. The summed E-state index contributed by atoms with van der Waals surface area (Å²) in [7, 11) is 0. The number of halogens is 1. The van der Waals surface area contributed by atoms with Crippen molar-refractivity contribution < 1.29 is 5.11 Å². The second-order valence-electron chi connectivity index (χ2n) is 4.92. The first-order valence-corrected chi connectivity index (χ1v) is 6.62. The van der Waals surface area contributed by atoms with Gasteiger partial charge in [0.1, 0.15) is 0 Å². The van der Waals surface area contributed by atoms with Crippen molar-refractivity contribution in [3.05, 3.63) is 17.7 Å². The number of hydrogen-bond acceptors (Lipinski definition) is 4. The first-order valence-electron chi connectivity index (χ1n) is 6.24. The highest BCUT2D eigenvalue weighted by Gasteiger charge is 2.20. The molecule has 0 atom stereocenters. The van der Waals surface area contributed by atoms with Gasteiger partial charge in [0.25, 0.3) is 0 Å². The van der Waals surface area contributed by atoms with Crippen LogP contribution in [0.15, 0.2) is 12.4 Å². The molecule has 18 heavy (non-hydrogen) atoms. The minimum Gasteiger partial charge on any atom is -0.393 e. The zero-order chi connectivity index (χ0) is 12.5. The Kier molecular flexibility index (Phi) is 3.18. The molecule has 2 aromatic rings. The van der Waals surface area contributed by atoms with Crippen LogP contribution < -0.4 is 0 Å². The van der Waals surface area contributed by atoms with E-state index in [0.717, 1.165) is 43.3 Å². The molecule has 0 unspecified atom stereocenters. The minimum absolute atomic E-state index is 0.118. The van der Waals surface area contributed by atoms with E-state index in [1.807, 2.05) is 4.68 Å². The number of nitrogens with zero attached hydrogens (tertiary/aromatic N) is 4. The molecule has 1 aliphatic rings. The van der Waals surface area contributed by atoms with E-state index in [2.05, 4.69) is 15.1 Å². The standard InChI is InChI=1S/C12H15ClN4O/c13-12-14-5-9-6-15-17(11(9)16-12)7-8-1-3-10(18)4-2-8/h5-6,8,10,18H,1-4,7H2. The van der Waals surface area contributed by atoms with E-state index in [1.54, 1.807) is 12.4 Å². The van der Waals surface area contributed by atoms with E-state index in [-0.39, 0.29) is 11.4 Å². The van der Waals surface area contributed by atoms with Crippen LogP contribution in [0.2, 0.25) is 5.28 Å². The summed E-state index contributed by atoms with van der Waals surface area (Å²) in [6.07, 6.45) is 7.21. The third-order valence-corrected chi connectivity index (χ3v) is 3.78. The molecule has 0 aromatic carbocycles. The number of aliphatic hydroxyl groups is 1. The SMILES string of the molecule is OC1CCC(Cn2ncc3cnc(Cl)nc32)CC1. The van der Waals surface area contributed by atoms with E-state index in [9.17, 15) is 5.11 Å². The van der Waals surface area contributed by atoms with Crippen molar-refractivity contribution in [2.75, 3.05) is 0 Å². The smallest absolute Gasteiger partial charge is 0.224 e. The molecule has 0 radical (unpaired) electrons. The summed E-state index contributed by atoms with van der Waals surface area (Å²) >= 11 is 5.81. The Morgan fingerprint density at radius 3 is 2.83 bits per heavy atom. The van der Waals surface area contributed by atoms with Crippen LogP contribution >= 0.6 is 11.6 Å². The molecule has 1 aliphatic carbocycles. The van der Waals surface area contributed by atoms with Crippen molar-refractivity contribution in [2.45, 2.75) is 38.3 Å². The van der Waals surface area contributed by atoms with Gasteiger partial charge in [-0.3, -0.25) is 0 Å². The molecule has 1 saturated carbocycles. The predicted octanol–water partition coefficient (Wildman–Crippen LogP) is 2.03. The average Bonchev–Trinajstić information content (AvgIpc) is 2.75. The summed E-state index contributed by atoms with van der Waals surface area (Å²) < 4.78 is 1.89. The van der Waals surface area contributed by atoms with E-state index in [0.29, 0.717) is 5.92 Å². The Labute approximate surface area is 110 Å². The molecule has 3 rings (SSSR count). The van der Waals surface area contributed by atoms with Gasteiger partial charge in [-0.2, -0.15) is 10.1 Å². The van der Waals surface area contributed by atoms with Crippen molar-refractivity contribution in [2.24, 2.45) is 5.92 Å². The first kappa shape index (κ1) is 11.9. The maximum atomic E-state index is 9.50. The summed E-state index contributed by atoms with van der Waals surface area (Å²) in [5, 5.41) is 15.0. The quantitative estimate of drug-likeness (QED) is 0.845.